The average Bonchev–Trinajstić information content (AvgIpc) is 3.69. The molecule has 1 fully saturated rings. The van der Waals surface area contributed by atoms with E-state index in [0.29, 0.717) is 11.7 Å². The normalized spacial score (nSPS) is 16.7. The van der Waals surface area contributed by atoms with Crippen molar-refractivity contribution in [3.05, 3.63) is 0 Å². The van der Waals surface area contributed by atoms with Crippen molar-refractivity contribution >= 4 is 5.78 Å². The first-order chi connectivity index (χ1) is 19.0. The maximum atomic E-state index is 10.9. The van der Waals surface area contributed by atoms with E-state index in [1.165, 1.54) is 116 Å². The predicted molar refractivity (Wildman–Crippen MR) is 180 cm³/mol. The largest absolute Gasteiger partial charge is 0.300 e. The van der Waals surface area contributed by atoms with E-state index in [-0.39, 0.29) is 0 Å². The fourth-order valence-electron chi connectivity index (χ4n) is 6.12. The Balaban J connectivity index is 0. The molecule has 0 spiro atoms. The van der Waals surface area contributed by atoms with Gasteiger partial charge in [-0.1, -0.05) is 190 Å². The molecule has 0 radical (unpaired) electrons. The summed E-state index contributed by atoms with van der Waals surface area (Å²) in [5.41, 5.74) is 0. The van der Waals surface area contributed by atoms with Crippen molar-refractivity contribution in [3.63, 3.8) is 0 Å². The van der Waals surface area contributed by atoms with Gasteiger partial charge in [0, 0.05) is 5.92 Å². The lowest BCUT2D eigenvalue weighted by atomic mass is 9.95. The second-order valence-electron chi connectivity index (χ2n) is 12.9. The number of Topliss-reactive ketones (excluding diaryl/α,β-unsaturated/α-hetero) is 1. The van der Waals surface area contributed by atoms with E-state index < -0.39 is 0 Å². The minimum Gasteiger partial charge on any atom is -0.300 e. The standard InChI is InChI=1S/C27H54.C9H18O.C2H6/c1-4-6-8-10-14-18-22-26-24-27(26)23-19-15-11-13-17-21-25(3)20-16-12-9-7-5-2;1-4-6-9(7-5-2)8(3)10;1-2/h25-27H,4-24H2,1-3H3;9H,4-7H2,1-3H3;1-2H3. The third-order valence-corrected chi connectivity index (χ3v) is 8.92. The third-order valence-electron chi connectivity index (χ3n) is 8.92. The maximum Gasteiger partial charge on any atom is 0.132 e. The van der Waals surface area contributed by atoms with E-state index in [2.05, 4.69) is 34.6 Å². The zero-order chi connectivity index (χ0) is 29.6. The number of unbranched alkanes of at least 4 members (excludes halogenated alkanes) is 13. The summed E-state index contributed by atoms with van der Waals surface area (Å²) in [7, 11) is 0. The van der Waals surface area contributed by atoms with Crippen LogP contribution in [0, 0.1) is 23.7 Å². The molecule has 1 nitrogen and oxygen atoms in total. The van der Waals surface area contributed by atoms with Crippen LogP contribution in [0.5, 0.6) is 0 Å². The molecule has 0 amide bonds. The van der Waals surface area contributed by atoms with Crippen molar-refractivity contribution in [2.75, 3.05) is 0 Å². The molecule has 1 rings (SSSR count). The Morgan fingerprint density at radius 2 is 0.897 bits per heavy atom. The number of rotatable bonds is 26. The van der Waals surface area contributed by atoms with E-state index in [0.717, 1.165) is 43.4 Å². The molecule has 1 aliphatic carbocycles. The summed E-state index contributed by atoms with van der Waals surface area (Å²) in [6.45, 7) is 17.1. The van der Waals surface area contributed by atoms with E-state index in [1.807, 2.05) is 13.8 Å². The molecule has 1 saturated carbocycles. The highest BCUT2D eigenvalue weighted by Gasteiger charge is 2.34. The summed E-state index contributed by atoms with van der Waals surface area (Å²) in [5.74, 6) is 3.95. The molecule has 0 aromatic rings. The van der Waals surface area contributed by atoms with Crippen molar-refractivity contribution in [2.24, 2.45) is 23.7 Å². The van der Waals surface area contributed by atoms with E-state index in [4.69, 9.17) is 0 Å². The van der Waals surface area contributed by atoms with Crippen LogP contribution in [0.25, 0.3) is 0 Å². The molecule has 0 saturated heterocycles. The monoisotopic (exact) mass is 551 g/mol. The number of carbonyl (C=O) groups is 1. The molecule has 39 heavy (non-hydrogen) atoms. The van der Waals surface area contributed by atoms with Gasteiger partial charge in [0.05, 0.1) is 0 Å². The zero-order valence-corrected chi connectivity index (χ0v) is 28.9. The van der Waals surface area contributed by atoms with Gasteiger partial charge in [-0.3, -0.25) is 4.79 Å². The summed E-state index contributed by atoms with van der Waals surface area (Å²) in [4.78, 5) is 10.9. The molecule has 1 heteroatoms. The van der Waals surface area contributed by atoms with Crippen molar-refractivity contribution in [3.8, 4) is 0 Å². The highest BCUT2D eigenvalue weighted by Crippen LogP contribution is 2.45. The quantitative estimate of drug-likeness (QED) is 0.0978. The Hall–Kier alpha value is -0.330. The molecular weight excluding hydrogens is 472 g/mol. The van der Waals surface area contributed by atoms with Crippen molar-refractivity contribution < 1.29 is 4.79 Å². The number of carbonyl (C=O) groups excluding carboxylic acids is 1. The first kappa shape index (κ1) is 40.8. The molecule has 0 N–H and O–H groups in total. The van der Waals surface area contributed by atoms with Crippen molar-refractivity contribution in [2.45, 2.75) is 216 Å². The first-order valence-corrected chi connectivity index (χ1v) is 18.5. The Labute approximate surface area is 249 Å². The second kappa shape index (κ2) is 32.2. The van der Waals surface area contributed by atoms with Gasteiger partial charge in [0.25, 0.3) is 0 Å². The van der Waals surface area contributed by atoms with Crippen LogP contribution < -0.4 is 0 Å². The Morgan fingerprint density at radius 3 is 1.26 bits per heavy atom. The highest BCUT2D eigenvalue weighted by atomic mass is 16.1. The lowest BCUT2D eigenvalue weighted by Crippen LogP contribution is -2.09. The Morgan fingerprint density at radius 1 is 0.538 bits per heavy atom. The van der Waals surface area contributed by atoms with E-state index in [9.17, 15) is 4.79 Å². The lowest BCUT2D eigenvalue weighted by molar-refractivity contribution is -0.121. The van der Waals surface area contributed by atoms with Crippen LogP contribution in [0.3, 0.4) is 0 Å². The van der Waals surface area contributed by atoms with Gasteiger partial charge in [-0.05, 0) is 43.9 Å². The highest BCUT2D eigenvalue weighted by molar-refractivity contribution is 5.78. The average molecular weight is 551 g/mol. The molecule has 3 atom stereocenters. The molecule has 0 aromatic carbocycles. The minimum absolute atomic E-state index is 0.343. The van der Waals surface area contributed by atoms with Crippen LogP contribution >= 0.6 is 0 Å². The molecule has 0 heterocycles. The first-order valence-electron chi connectivity index (χ1n) is 18.5. The fourth-order valence-corrected chi connectivity index (χ4v) is 6.12. The molecular formula is C38H78O. The van der Waals surface area contributed by atoms with Crippen LogP contribution in [-0.4, -0.2) is 5.78 Å². The van der Waals surface area contributed by atoms with Crippen LogP contribution in [0.1, 0.15) is 216 Å². The van der Waals surface area contributed by atoms with Gasteiger partial charge in [0.1, 0.15) is 5.78 Å². The number of hydrogen-bond acceptors (Lipinski definition) is 1. The summed E-state index contributed by atoms with van der Waals surface area (Å²) in [5, 5.41) is 0. The van der Waals surface area contributed by atoms with Gasteiger partial charge in [-0.25, -0.2) is 0 Å². The maximum absolute atomic E-state index is 10.9. The third kappa shape index (κ3) is 29.0. The summed E-state index contributed by atoms with van der Waals surface area (Å²) in [6.07, 6.45) is 35.6. The van der Waals surface area contributed by atoms with Gasteiger partial charge in [-0.2, -0.15) is 0 Å². The van der Waals surface area contributed by atoms with Gasteiger partial charge < -0.3 is 0 Å². The zero-order valence-electron chi connectivity index (χ0n) is 28.9. The summed E-state index contributed by atoms with van der Waals surface area (Å²) in [6, 6.07) is 0. The van der Waals surface area contributed by atoms with Crippen LogP contribution in [-0.2, 0) is 4.79 Å². The van der Waals surface area contributed by atoms with Crippen LogP contribution in [0.2, 0.25) is 0 Å². The second-order valence-corrected chi connectivity index (χ2v) is 12.9. The fraction of sp³-hybridized carbons (Fsp3) is 0.974. The molecule has 236 valence electrons. The van der Waals surface area contributed by atoms with Gasteiger partial charge in [0.15, 0.2) is 0 Å². The van der Waals surface area contributed by atoms with Crippen molar-refractivity contribution in [1.82, 2.24) is 0 Å². The Bertz CT molecular complexity index is 463. The van der Waals surface area contributed by atoms with Crippen LogP contribution in [0.4, 0.5) is 0 Å². The SMILES string of the molecule is CC.CCCC(CCC)C(C)=O.CCCCCCCCC1CC1CCCCCCCC(C)CCCCCCC. The lowest BCUT2D eigenvalue weighted by Gasteiger charge is -2.11. The predicted octanol–water partition coefficient (Wildman–Crippen LogP) is 13.9. The van der Waals surface area contributed by atoms with Crippen molar-refractivity contribution in [1.29, 1.82) is 0 Å². The van der Waals surface area contributed by atoms with Gasteiger partial charge in [-0.15, -0.1) is 0 Å². The summed E-state index contributed by atoms with van der Waals surface area (Å²) >= 11 is 0. The number of hydrogen-bond donors (Lipinski definition) is 0. The van der Waals surface area contributed by atoms with E-state index in [1.54, 1.807) is 26.2 Å². The molecule has 0 bridgehead atoms. The van der Waals surface area contributed by atoms with Crippen LogP contribution in [0.15, 0.2) is 0 Å². The van der Waals surface area contributed by atoms with Gasteiger partial charge in [0.2, 0.25) is 0 Å². The molecule has 3 unspecified atom stereocenters. The summed E-state index contributed by atoms with van der Waals surface area (Å²) < 4.78 is 0. The minimum atomic E-state index is 0.343. The van der Waals surface area contributed by atoms with Gasteiger partial charge >= 0.3 is 0 Å². The molecule has 0 aliphatic heterocycles. The van der Waals surface area contributed by atoms with E-state index >= 15 is 0 Å². The molecule has 1 aliphatic rings. The number of ketones is 1. The topological polar surface area (TPSA) is 17.1 Å². The molecule has 0 aromatic heterocycles. The Kier molecular flexibility index (Phi) is 33.7. The smallest absolute Gasteiger partial charge is 0.132 e.